The average Bonchev–Trinajstić information content (AvgIpc) is 2.39. The maximum atomic E-state index is 10.2. The third-order valence-corrected chi connectivity index (χ3v) is 1.53. The molecule has 1 fully saturated rings. The first-order chi connectivity index (χ1) is 5.29. The predicted octanol–water partition coefficient (Wildman–Crippen LogP) is -0.608. The van der Waals surface area contributed by atoms with Gasteiger partial charge in [-0.15, -0.1) is 0 Å². The quantitative estimate of drug-likeness (QED) is 0.368. The first-order valence-corrected chi connectivity index (χ1v) is 3.61. The number of hydrazone groups is 1. The van der Waals surface area contributed by atoms with Gasteiger partial charge in [-0.25, -0.2) is 10.2 Å². The van der Waals surface area contributed by atoms with Crippen LogP contribution in [0.3, 0.4) is 0 Å². The summed E-state index contributed by atoms with van der Waals surface area (Å²) in [5.74, 6) is 0. The second-order valence-electron chi connectivity index (χ2n) is 2.46. The molecule has 11 heavy (non-hydrogen) atoms. The lowest BCUT2D eigenvalue weighted by atomic mass is 10.2. The molecule has 0 aromatic carbocycles. The van der Waals surface area contributed by atoms with E-state index in [1.807, 2.05) is 0 Å². The van der Waals surface area contributed by atoms with Crippen molar-refractivity contribution in [1.29, 1.82) is 0 Å². The number of amides is 2. The molecule has 0 aliphatic carbocycles. The van der Waals surface area contributed by atoms with E-state index in [1.165, 1.54) is 0 Å². The molecule has 0 aromatic heterocycles. The highest BCUT2D eigenvalue weighted by Gasteiger charge is 2.10. The number of nitrogens with one attached hydrogen (secondary N) is 2. The molecule has 0 bridgehead atoms. The minimum Gasteiger partial charge on any atom is -0.350 e. The highest BCUT2D eigenvalue weighted by atomic mass is 16.2. The molecule has 1 saturated heterocycles. The minimum atomic E-state index is -0.626. The molecule has 5 nitrogen and oxygen atoms in total. The number of nitrogens with zero attached hydrogens (tertiary/aromatic N) is 1. The van der Waals surface area contributed by atoms with Crippen LogP contribution in [0.25, 0.3) is 0 Å². The van der Waals surface area contributed by atoms with Crippen LogP contribution in [0.15, 0.2) is 5.10 Å². The summed E-state index contributed by atoms with van der Waals surface area (Å²) in [4.78, 5) is 10.2. The van der Waals surface area contributed by atoms with Crippen molar-refractivity contribution in [3.63, 3.8) is 0 Å². The van der Waals surface area contributed by atoms with Crippen LogP contribution in [0.4, 0.5) is 4.79 Å². The zero-order chi connectivity index (χ0) is 8.10. The maximum Gasteiger partial charge on any atom is 0.332 e. The van der Waals surface area contributed by atoms with Gasteiger partial charge in [0.1, 0.15) is 0 Å². The molecule has 0 saturated carbocycles. The zero-order valence-corrected chi connectivity index (χ0v) is 6.21. The number of nitrogens with two attached hydrogens (primary N) is 1. The van der Waals surface area contributed by atoms with Crippen LogP contribution < -0.4 is 16.5 Å². The van der Waals surface area contributed by atoms with Crippen molar-refractivity contribution in [2.24, 2.45) is 10.8 Å². The summed E-state index contributed by atoms with van der Waals surface area (Å²) < 4.78 is 0. The average molecular weight is 156 g/mol. The van der Waals surface area contributed by atoms with Gasteiger partial charge in [0, 0.05) is 12.3 Å². The molecule has 4 N–H and O–H groups in total. The molecular weight excluding hydrogens is 144 g/mol. The van der Waals surface area contributed by atoms with Crippen molar-refractivity contribution in [1.82, 2.24) is 10.7 Å². The summed E-state index contributed by atoms with van der Waals surface area (Å²) in [6, 6.07) is -0.332. The van der Waals surface area contributed by atoms with Gasteiger partial charge >= 0.3 is 6.03 Å². The molecule has 1 rings (SSSR count). The fourth-order valence-corrected chi connectivity index (χ4v) is 1.03. The Morgan fingerprint density at radius 2 is 2.64 bits per heavy atom. The van der Waals surface area contributed by atoms with Crippen molar-refractivity contribution in [2.45, 2.75) is 18.9 Å². The van der Waals surface area contributed by atoms with Crippen LogP contribution in [-0.2, 0) is 0 Å². The molecule has 2 amide bonds. The third kappa shape index (κ3) is 2.99. The first-order valence-electron chi connectivity index (χ1n) is 3.61. The van der Waals surface area contributed by atoms with Crippen molar-refractivity contribution in [3.05, 3.63) is 0 Å². The molecule has 1 atom stereocenters. The second kappa shape index (κ2) is 3.92. The fourth-order valence-electron chi connectivity index (χ4n) is 1.03. The summed E-state index contributed by atoms with van der Waals surface area (Å²) in [6.45, 7) is 1.02. The van der Waals surface area contributed by atoms with E-state index < -0.39 is 6.03 Å². The lowest BCUT2D eigenvalue weighted by Crippen LogP contribution is -2.28. The molecule has 1 heterocycles. The topological polar surface area (TPSA) is 79.5 Å². The highest BCUT2D eigenvalue weighted by Crippen LogP contribution is 2.01. The van der Waals surface area contributed by atoms with Gasteiger partial charge in [-0.3, -0.25) is 0 Å². The summed E-state index contributed by atoms with van der Waals surface area (Å²) in [7, 11) is 0. The number of primary amides is 1. The van der Waals surface area contributed by atoms with Crippen molar-refractivity contribution < 1.29 is 4.79 Å². The predicted molar refractivity (Wildman–Crippen MR) is 42.2 cm³/mol. The highest BCUT2D eigenvalue weighted by molar-refractivity contribution is 5.73. The Kier molecular flexibility index (Phi) is 2.85. The van der Waals surface area contributed by atoms with Gasteiger partial charge in [0.05, 0.1) is 0 Å². The van der Waals surface area contributed by atoms with Crippen molar-refractivity contribution in [2.75, 3.05) is 6.54 Å². The van der Waals surface area contributed by atoms with Gasteiger partial charge in [0.2, 0.25) is 0 Å². The van der Waals surface area contributed by atoms with E-state index in [1.54, 1.807) is 6.21 Å². The summed E-state index contributed by atoms with van der Waals surface area (Å²) in [5.41, 5.74) is 6.93. The lowest BCUT2D eigenvalue weighted by molar-refractivity contribution is 0.249. The van der Waals surface area contributed by atoms with E-state index in [0.29, 0.717) is 6.04 Å². The summed E-state index contributed by atoms with van der Waals surface area (Å²) in [5, 5.41) is 6.83. The molecule has 0 aromatic rings. The number of rotatable bonds is 2. The van der Waals surface area contributed by atoms with E-state index in [0.717, 1.165) is 19.4 Å². The molecule has 5 heteroatoms. The van der Waals surface area contributed by atoms with E-state index >= 15 is 0 Å². The zero-order valence-electron chi connectivity index (χ0n) is 6.21. The van der Waals surface area contributed by atoms with Gasteiger partial charge in [-0.05, 0) is 19.4 Å². The molecule has 1 unspecified atom stereocenters. The van der Waals surface area contributed by atoms with E-state index in [4.69, 9.17) is 5.73 Å². The Balaban J connectivity index is 2.17. The molecular formula is C6H12N4O. The maximum absolute atomic E-state index is 10.2. The van der Waals surface area contributed by atoms with E-state index in [9.17, 15) is 4.79 Å². The van der Waals surface area contributed by atoms with Crippen molar-refractivity contribution in [3.8, 4) is 0 Å². The standard InChI is InChI=1S/C6H12N4O/c7-6(11)10-9-4-5-2-1-3-8-5/h4-5,8H,1-3H2,(H3,7,10,11)/b9-4+. The number of carbonyl (C=O) groups is 1. The largest absolute Gasteiger partial charge is 0.350 e. The SMILES string of the molecule is NC(=O)N/N=C/C1CCCN1. The minimum absolute atomic E-state index is 0.293. The number of urea groups is 1. The molecule has 0 radical (unpaired) electrons. The van der Waals surface area contributed by atoms with Crippen molar-refractivity contribution >= 4 is 12.2 Å². The van der Waals surface area contributed by atoms with Gasteiger partial charge in [0.15, 0.2) is 0 Å². The van der Waals surface area contributed by atoms with Crippen LogP contribution in [0.5, 0.6) is 0 Å². The third-order valence-electron chi connectivity index (χ3n) is 1.53. The lowest BCUT2D eigenvalue weighted by Gasteiger charge is -2.00. The Morgan fingerprint density at radius 1 is 1.82 bits per heavy atom. The summed E-state index contributed by atoms with van der Waals surface area (Å²) >= 11 is 0. The normalized spacial score (nSPS) is 24.2. The molecule has 1 aliphatic rings. The van der Waals surface area contributed by atoms with E-state index in [-0.39, 0.29) is 0 Å². The van der Waals surface area contributed by atoms with Gasteiger partial charge in [-0.2, -0.15) is 5.10 Å². The van der Waals surface area contributed by atoms with Crippen LogP contribution in [-0.4, -0.2) is 24.8 Å². The molecule has 62 valence electrons. The second-order valence-corrected chi connectivity index (χ2v) is 2.46. The number of hydrogen-bond acceptors (Lipinski definition) is 3. The van der Waals surface area contributed by atoms with Gasteiger partial charge < -0.3 is 11.1 Å². The van der Waals surface area contributed by atoms with Crippen LogP contribution in [0, 0.1) is 0 Å². The Bertz CT molecular complexity index is 162. The van der Waals surface area contributed by atoms with E-state index in [2.05, 4.69) is 15.8 Å². The monoisotopic (exact) mass is 156 g/mol. The smallest absolute Gasteiger partial charge is 0.332 e. The number of carbonyl (C=O) groups excluding carboxylic acids is 1. The van der Waals surface area contributed by atoms with Crippen LogP contribution in [0.1, 0.15) is 12.8 Å². The van der Waals surface area contributed by atoms with Gasteiger partial charge in [-0.1, -0.05) is 0 Å². The molecule has 0 spiro atoms. The number of hydrogen-bond donors (Lipinski definition) is 3. The fraction of sp³-hybridized carbons (Fsp3) is 0.667. The van der Waals surface area contributed by atoms with Crippen LogP contribution in [0.2, 0.25) is 0 Å². The molecule has 1 aliphatic heterocycles. The summed E-state index contributed by atoms with van der Waals surface area (Å²) in [6.07, 6.45) is 3.90. The Hall–Kier alpha value is -1.10. The van der Waals surface area contributed by atoms with Gasteiger partial charge in [0.25, 0.3) is 0 Å². The Labute approximate surface area is 65.0 Å². The Morgan fingerprint density at radius 3 is 3.18 bits per heavy atom. The van der Waals surface area contributed by atoms with Crippen LogP contribution >= 0.6 is 0 Å². The first kappa shape index (κ1) is 8.00.